The van der Waals surface area contributed by atoms with Crippen LogP contribution in [0, 0.1) is 0 Å². The predicted molar refractivity (Wildman–Crippen MR) is 47.2 cm³/mol. The number of nitrogens with zero attached hydrogens (tertiary/aromatic N) is 3. The van der Waals surface area contributed by atoms with Crippen LogP contribution in [0.15, 0.2) is 11.1 Å². The molecule has 70 valence electrons. The summed E-state index contributed by atoms with van der Waals surface area (Å²) in [6.45, 7) is 0. The van der Waals surface area contributed by atoms with Crippen LogP contribution < -0.4 is 11.3 Å². The van der Waals surface area contributed by atoms with Crippen molar-refractivity contribution in [3.05, 3.63) is 16.7 Å². The Morgan fingerprint density at radius 3 is 3.00 bits per heavy atom. The summed E-state index contributed by atoms with van der Waals surface area (Å²) in [7, 11) is 1.56. The highest BCUT2D eigenvalue weighted by Crippen LogP contribution is 2.01. The van der Waals surface area contributed by atoms with Gasteiger partial charge in [-0.1, -0.05) is 0 Å². The van der Waals surface area contributed by atoms with Gasteiger partial charge in [0.25, 0.3) is 5.56 Å². The van der Waals surface area contributed by atoms with Gasteiger partial charge < -0.3 is 16.2 Å². The van der Waals surface area contributed by atoms with Gasteiger partial charge in [-0.3, -0.25) is 9.36 Å². The number of imidazole rings is 1. The average Bonchev–Trinajstić information content (AvgIpc) is 2.48. The van der Waals surface area contributed by atoms with Crippen molar-refractivity contribution >= 4 is 17.1 Å². The zero-order chi connectivity index (χ0) is 8.72. The third kappa shape index (κ3) is 1.14. The van der Waals surface area contributed by atoms with Gasteiger partial charge in [0.2, 0.25) is 5.95 Å². The molecule has 2 rings (SSSR count). The largest absolute Gasteiger partial charge is 0.412 e. The molecule has 2 heterocycles. The molecule has 7 heteroatoms. The standard InChI is InChI=1S/C6H7N5O.H2O/c1-11-5(12)3-4(9-2-8-3)10-6(11)7;/h2H,1H3,(H2,7,10)(H,8,9);1H2. The zero-order valence-electron chi connectivity index (χ0n) is 6.90. The van der Waals surface area contributed by atoms with Gasteiger partial charge in [0.1, 0.15) is 0 Å². The van der Waals surface area contributed by atoms with Crippen LogP contribution >= 0.6 is 0 Å². The van der Waals surface area contributed by atoms with Crippen LogP contribution in [0.2, 0.25) is 0 Å². The number of hydrogen-bond acceptors (Lipinski definition) is 4. The molecule has 13 heavy (non-hydrogen) atoms. The second-order valence-electron chi connectivity index (χ2n) is 2.44. The van der Waals surface area contributed by atoms with E-state index in [1.165, 1.54) is 10.9 Å². The molecule has 0 spiro atoms. The maximum atomic E-state index is 11.4. The number of aromatic amines is 1. The van der Waals surface area contributed by atoms with E-state index in [-0.39, 0.29) is 17.0 Å². The fraction of sp³-hybridized carbons (Fsp3) is 0.167. The van der Waals surface area contributed by atoms with E-state index >= 15 is 0 Å². The topological polar surface area (TPSA) is 121 Å². The number of nitrogens with two attached hydrogens (primary N) is 1. The van der Waals surface area contributed by atoms with Gasteiger partial charge in [-0.15, -0.1) is 0 Å². The number of rotatable bonds is 0. The lowest BCUT2D eigenvalue weighted by Crippen LogP contribution is -2.21. The molecular formula is C6H9N5O2. The van der Waals surface area contributed by atoms with Crippen LogP contribution in [0.3, 0.4) is 0 Å². The second kappa shape index (κ2) is 2.87. The number of nitrogen functional groups attached to an aromatic ring is 1. The minimum atomic E-state index is -0.213. The number of nitrogens with one attached hydrogen (secondary N) is 1. The van der Waals surface area contributed by atoms with E-state index in [0.29, 0.717) is 11.2 Å². The lowest BCUT2D eigenvalue weighted by Gasteiger charge is -1.99. The van der Waals surface area contributed by atoms with Crippen LogP contribution in [-0.2, 0) is 7.05 Å². The number of anilines is 1. The molecule has 0 unspecified atom stereocenters. The molecule has 0 radical (unpaired) electrons. The number of fused-ring (bicyclic) bond motifs is 1. The highest BCUT2D eigenvalue weighted by atomic mass is 16.1. The van der Waals surface area contributed by atoms with Crippen molar-refractivity contribution in [2.45, 2.75) is 0 Å². The highest BCUT2D eigenvalue weighted by Gasteiger charge is 2.06. The van der Waals surface area contributed by atoms with Crippen molar-refractivity contribution in [3.8, 4) is 0 Å². The molecule has 0 bridgehead atoms. The summed E-state index contributed by atoms with van der Waals surface area (Å²) in [4.78, 5) is 21.8. The van der Waals surface area contributed by atoms with Crippen molar-refractivity contribution in [3.63, 3.8) is 0 Å². The number of aromatic nitrogens is 4. The van der Waals surface area contributed by atoms with Gasteiger partial charge in [0.05, 0.1) is 6.33 Å². The average molecular weight is 183 g/mol. The Morgan fingerprint density at radius 2 is 2.31 bits per heavy atom. The summed E-state index contributed by atoms with van der Waals surface area (Å²) >= 11 is 0. The predicted octanol–water partition coefficient (Wildman–Crippen LogP) is -1.59. The number of H-pyrrole nitrogens is 1. The molecule has 0 aromatic carbocycles. The normalized spacial score (nSPS) is 9.92. The van der Waals surface area contributed by atoms with Crippen molar-refractivity contribution in [2.24, 2.45) is 7.05 Å². The van der Waals surface area contributed by atoms with Gasteiger partial charge in [-0.25, -0.2) is 4.98 Å². The number of hydrogen-bond donors (Lipinski definition) is 2. The maximum absolute atomic E-state index is 11.4. The minimum absolute atomic E-state index is 0. The molecule has 0 atom stereocenters. The Kier molecular flexibility index (Phi) is 2.03. The lowest BCUT2D eigenvalue weighted by molar-refractivity contribution is 0.824. The van der Waals surface area contributed by atoms with E-state index in [1.807, 2.05) is 0 Å². The highest BCUT2D eigenvalue weighted by molar-refractivity contribution is 5.69. The second-order valence-corrected chi connectivity index (χ2v) is 2.44. The first-order valence-electron chi connectivity index (χ1n) is 3.35. The van der Waals surface area contributed by atoms with Crippen molar-refractivity contribution in [1.82, 2.24) is 19.5 Å². The van der Waals surface area contributed by atoms with Crippen LogP contribution in [0.1, 0.15) is 0 Å². The summed E-state index contributed by atoms with van der Waals surface area (Å²) in [6.07, 6.45) is 1.42. The van der Waals surface area contributed by atoms with E-state index in [9.17, 15) is 4.79 Å². The van der Waals surface area contributed by atoms with Crippen molar-refractivity contribution < 1.29 is 5.48 Å². The molecule has 7 nitrogen and oxygen atoms in total. The lowest BCUT2D eigenvalue weighted by atomic mass is 10.5. The van der Waals surface area contributed by atoms with Crippen LogP contribution in [0.5, 0.6) is 0 Å². The molecule has 0 aliphatic rings. The third-order valence-electron chi connectivity index (χ3n) is 1.70. The van der Waals surface area contributed by atoms with Gasteiger partial charge in [-0.2, -0.15) is 4.98 Å². The Labute approximate surface area is 72.5 Å². The summed E-state index contributed by atoms with van der Waals surface area (Å²) in [5, 5.41) is 0. The molecule has 0 saturated heterocycles. The molecule has 5 N–H and O–H groups in total. The van der Waals surface area contributed by atoms with Crippen molar-refractivity contribution in [2.75, 3.05) is 5.73 Å². The van der Waals surface area contributed by atoms with Crippen LogP contribution in [0.25, 0.3) is 11.2 Å². The van der Waals surface area contributed by atoms with Crippen molar-refractivity contribution in [1.29, 1.82) is 0 Å². The summed E-state index contributed by atoms with van der Waals surface area (Å²) in [5.41, 5.74) is 5.97. The first-order valence-corrected chi connectivity index (χ1v) is 3.35. The van der Waals surface area contributed by atoms with E-state index in [2.05, 4.69) is 15.0 Å². The Bertz CT molecular complexity index is 485. The third-order valence-corrected chi connectivity index (χ3v) is 1.70. The summed E-state index contributed by atoms with van der Waals surface area (Å²) in [6, 6.07) is 0. The Balaban J connectivity index is 0.000000845. The fourth-order valence-corrected chi connectivity index (χ4v) is 0.984. The monoisotopic (exact) mass is 183 g/mol. The Hall–Kier alpha value is -1.89. The van der Waals surface area contributed by atoms with Gasteiger partial charge in [0.15, 0.2) is 11.2 Å². The zero-order valence-corrected chi connectivity index (χ0v) is 6.90. The molecule has 0 amide bonds. The first kappa shape index (κ1) is 9.20. The molecule has 0 aliphatic carbocycles. The minimum Gasteiger partial charge on any atom is -0.412 e. The molecular weight excluding hydrogens is 174 g/mol. The van der Waals surface area contributed by atoms with E-state index in [4.69, 9.17) is 5.73 Å². The van der Waals surface area contributed by atoms with Gasteiger partial charge >= 0.3 is 0 Å². The summed E-state index contributed by atoms with van der Waals surface area (Å²) < 4.78 is 1.26. The van der Waals surface area contributed by atoms with E-state index in [1.54, 1.807) is 7.05 Å². The quantitative estimate of drug-likeness (QED) is 0.511. The molecule has 0 fully saturated rings. The molecule has 2 aromatic rings. The van der Waals surface area contributed by atoms with Crippen LogP contribution in [0.4, 0.5) is 5.95 Å². The molecule has 0 aliphatic heterocycles. The SMILES string of the molecule is Cn1c(N)nc2nc[nH]c2c1=O.O. The van der Waals surface area contributed by atoms with E-state index < -0.39 is 0 Å². The molecule has 2 aromatic heterocycles. The van der Waals surface area contributed by atoms with Gasteiger partial charge in [-0.05, 0) is 0 Å². The molecule has 0 saturated carbocycles. The van der Waals surface area contributed by atoms with Gasteiger partial charge in [0, 0.05) is 7.05 Å². The summed E-state index contributed by atoms with van der Waals surface area (Å²) in [5.74, 6) is 0.166. The van der Waals surface area contributed by atoms with Crippen LogP contribution in [-0.4, -0.2) is 25.0 Å². The smallest absolute Gasteiger partial charge is 0.280 e. The fourth-order valence-electron chi connectivity index (χ4n) is 0.984. The first-order chi connectivity index (χ1) is 5.70. The maximum Gasteiger partial charge on any atom is 0.280 e. The Morgan fingerprint density at radius 1 is 1.62 bits per heavy atom. The van der Waals surface area contributed by atoms with E-state index in [0.717, 1.165) is 0 Å².